The molecule has 0 N–H and O–H groups in total. The van der Waals surface area contributed by atoms with Crippen LogP contribution < -0.4 is 0 Å². The van der Waals surface area contributed by atoms with Crippen molar-refractivity contribution in [2.24, 2.45) is 0 Å². The Morgan fingerprint density at radius 1 is 1.33 bits per heavy atom. The molecule has 0 heterocycles. The Morgan fingerprint density at radius 3 is 2.42 bits per heavy atom. The Kier molecular flexibility index (Phi) is 2.82. The lowest BCUT2D eigenvalue weighted by molar-refractivity contribution is -0.0914. The van der Waals surface area contributed by atoms with Gasteiger partial charge in [0.1, 0.15) is 0 Å². The van der Waals surface area contributed by atoms with E-state index in [1.165, 1.54) is 6.92 Å². The number of carbonyl (C=O) groups excluding carboxylic acids is 1. The van der Waals surface area contributed by atoms with Gasteiger partial charge in [-0.15, -0.1) is 0 Å². The third-order valence-corrected chi connectivity index (χ3v) is 1.28. The average molecular weight is 165 g/mol. The number of ether oxygens (including phenoxy) is 1. The molecule has 1 aromatic rings. The molecule has 0 aliphatic carbocycles. The standard InChI is InChI=1S/C9H9O3/c1-7(10)12-9(11)8-5-3-2-4-6-8/h2-7H,1H3. The number of esters is 1. The highest BCUT2D eigenvalue weighted by molar-refractivity contribution is 5.89. The van der Waals surface area contributed by atoms with Gasteiger partial charge in [-0.05, 0) is 12.1 Å². The number of rotatable bonds is 2. The molecule has 0 aromatic heterocycles. The topological polar surface area (TPSA) is 46.2 Å². The first-order valence-electron chi connectivity index (χ1n) is 3.62. The Bertz CT molecular complexity index is 254. The summed E-state index contributed by atoms with van der Waals surface area (Å²) in [5.41, 5.74) is 0.403. The van der Waals surface area contributed by atoms with Crippen LogP contribution in [0.15, 0.2) is 30.3 Å². The number of carbonyl (C=O) groups is 1. The lowest BCUT2D eigenvalue weighted by atomic mass is 10.2. The predicted molar refractivity (Wildman–Crippen MR) is 42.0 cm³/mol. The minimum absolute atomic E-state index is 0.403. The second kappa shape index (κ2) is 3.88. The van der Waals surface area contributed by atoms with E-state index in [0.717, 1.165) is 0 Å². The monoisotopic (exact) mass is 165 g/mol. The molecular formula is C9H9O3. The molecule has 0 amide bonds. The van der Waals surface area contributed by atoms with Crippen LogP contribution in [0.3, 0.4) is 0 Å². The molecule has 1 rings (SSSR count). The van der Waals surface area contributed by atoms with Crippen LogP contribution in [-0.2, 0) is 9.84 Å². The van der Waals surface area contributed by atoms with Gasteiger partial charge < -0.3 is 4.74 Å². The number of benzene rings is 1. The highest BCUT2D eigenvalue weighted by atomic mass is 16.6. The maximum Gasteiger partial charge on any atom is 0.340 e. The second-order valence-electron chi connectivity index (χ2n) is 2.34. The fourth-order valence-electron chi connectivity index (χ4n) is 0.793. The minimum Gasteiger partial charge on any atom is -0.430 e. The molecule has 3 heteroatoms. The van der Waals surface area contributed by atoms with Crippen LogP contribution in [0.4, 0.5) is 0 Å². The quantitative estimate of drug-likeness (QED) is 0.493. The Balaban J connectivity index is 2.66. The maximum absolute atomic E-state index is 11.0. The molecule has 1 aromatic carbocycles. The van der Waals surface area contributed by atoms with Crippen molar-refractivity contribution in [3.63, 3.8) is 0 Å². The van der Waals surface area contributed by atoms with Gasteiger partial charge in [0.25, 0.3) is 0 Å². The third kappa shape index (κ3) is 2.36. The van der Waals surface area contributed by atoms with Gasteiger partial charge in [0.05, 0.1) is 5.56 Å². The van der Waals surface area contributed by atoms with Crippen LogP contribution in [0, 0.1) is 0 Å². The van der Waals surface area contributed by atoms with Gasteiger partial charge in [-0.25, -0.2) is 4.79 Å². The SMILES string of the molecule is CC([O])OC(=O)c1ccccc1. The van der Waals surface area contributed by atoms with Gasteiger partial charge in [0, 0.05) is 6.92 Å². The minimum atomic E-state index is -1.31. The molecule has 0 bridgehead atoms. The summed E-state index contributed by atoms with van der Waals surface area (Å²) in [5, 5.41) is 10.5. The summed E-state index contributed by atoms with van der Waals surface area (Å²) in [5.74, 6) is -0.571. The zero-order valence-corrected chi connectivity index (χ0v) is 6.69. The van der Waals surface area contributed by atoms with Crippen molar-refractivity contribution < 1.29 is 14.6 Å². The fourth-order valence-corrected chi connectivity index (χ4v) is 0.793. The van der Waals surface area contributed by atoms with Crippen LogP contribution in [0.2, 0.25) is 0 Å². The molecule has 0 aliphatic rings. The van der Waals surface area contributed by atoms with Crippen molar-refractivity contribution in [2.75, 3.05) is 0 Å². The van der Waals surface area contributed by atoms with Crippen LogP contribution in [-0.4, -0.2) is 12.3 Å². The Hall–Kier alpha value is -1.35. The molecule has 12 heavy (non-hydrogen) atoms. The van der Waals surface area contributed by atoms with Crippen molar-refractivity contribution in [3.05, 3.63) is 35.9 Å². The van der Waals surface area contributed by atoms with E-state index in [1.54, 1.807) is 30.3 Å². The van der Waals surface area contributed by atoms with Gasteiger partial charge in [0.15, 0.2) is 0 Å². The van der Waals surface area contributed by atoms with Crippen molar-refractivity contribution in [3.8, 4) is 0 Å². The smallest absolute Gasteiger partial charge is 0.340 e. The summed E-state index contributed by atoms with van der Waals surface area (Å²) in [6.45, 7) is 1.28. The van der Waals surface area contributed by atoms with E-state index in [9.17, 15) is 9.90 Å². The number of hydrogen-bond donors (Lipinski definition) is 0. The van der Waals surface area contributed by atoms with Crippen molar-refractivity contribution in [1.29, 1.82) is 0 Å². The highest BCUT2D eigenvalue weighted by Gasteiger charge is 2.08. The highest BCUT2D eigenvalue weighted by Crippen LogP contribution is 2.02. The van der Waals surface area contributed by atoms with E-state index in [4.69, 9.17) is 0 Å². The largest absolute Gasteiger partial charge is 0.430 e. The summed E-state index contributed by atoms with van der Waals surface area (Å²) < 4.78 is 4.44. The van der Waals surface area contributed by atoms with E-state index < -0.39 is 12.3 Å². The molecule has 0 saturated carbocycles. The van der Waals surface area contributed by atoms with Crippen molar-refractivity contribution in [2.45, 2.75) is 13.2 Å². The molecular weight excluding hydrogens is 156 g/mol. The van der Waals surface area contributed by atoms with Crippen molar-refractivity contribution in [1.82, 2.24) is 0 Å². The lowest BCUT2D eigenvalue weighted by Crippen LogP contribution is -2.12. The molecule has 1 radical (unpaired) electrons. The van der Waals surface area contributed by atoms with Crippen molar-refractivity contribution >= 4 is 5.97 Å². The van der Waals surface area contributed by atoms with E-state index in [0.29, 0.717) is 5.56 Å². The molecule has 3 nitrogen and oxygen atoms in total. The summed E-state index contributed by atoms with van der Waals surface area (Å²) in [7, 11) is 0. The van der Waals surface area contributed by atoms with E-state index in [2.05, 4.69) is 4.74 Å². The fraction of sp³-hybridized carbons (Fsp3) is 0.222. The van der Waals surface area contributed by atoms with Gasteiger partial charge in [0.2, 0.25) is 6.29 Å². The molecule has 0 fully saturated rings. The van der Waals surface area contributed by atoms with Crippen LogP contribution in [0.1, 0.15) is 17.3 Å². The van der Waals surface area contributed by atoms with Crippen LogP contribution in [0.5, 0.6) is 0 Å². The van der Waals surface area contributed by atoms with E-state index in [-0.39, 0.29) is 0 Å². The first-order valence-corrected chi connectivity index (χ1v) is 3.62. The summed E-state index contributed by atoms with van der Waals surface area (Å²) in [6.07, 6.45) is -1.31. The van der Waals surface area contributed by atoms with Gasteiger partial charge in [-0.1, -0.05) is 18.2 Å². The van der Waals surface area contributed by atoms with E-state index in [1.807, 2.05) is 0 Å². The Morgan fingerprint density at radius 2 is 1.92 bits per heavy atom. The normalized spacial score (nSPS) is 12.2. The predicted octanol–water partition coefficient (Wildman–Crippen LogP) is 1.62. The molecule has 63 valence electrons. The average Bonchev–Trinajstić information content (AvgIpc) is 2.05. The number of hydrogen-bond acceptors (Lipinski definition) is 2. The van der Waals surface area contributed by atoms with Crippen LogP contribution >= 0.6 is 0 Å². The molecule has 0 aliphatic heterocycles. The molecule has 0 spiro atoms. The molecule has 1 atom stereocenters. The summed E-state index contributed by atoms with van der Waals surface area (Å²) >= 11 is 0. The van der Waals surface area contributed by atoms with Gasteiger partial charge >= 0.3 is 5.97 Å². The van der Waals surface area contributed by atoms with E-state index >= 15 is 0 Å². The molecule has 0 saturated heterocycles. The zero-order valence-electron chi connectivity index (χ0n) is 6.69. The third-order valence-electron chi connectivity index (χ3n) is 1.28. The zero-order chi connectivity index (χ0) is 8.97. The maximum atomic E-state index is 11.0. The summed E-state index contributed by atoms with van der Waals surface area (Å²) in [4.78, 5) is 11.0. The summed E-state index contributed by atoms with van der Waals surface area (Å²) in [6, 6.07) is 8.42. The first-order chi connectivity index (χ1) is 5.70. The van der Waals surface area contributed by atoms with Crippen LogP contribution in [0.25, 0.3) is 0 Å². The van der Waals surface area contributed by atoms with Gasteiger partial charge in [-0.2, -0.15) is 5.11 Å². The Labute approximate surface area is 70.6 Å². The van der Waals surface area contributed by atoms with Gasteiger partial charge in [-0.3, -0.25) is 0 Å². The second-order valence-corrected chi connectivity index (χ2v) is 2.34. The lowest BCUT2D eigenvalue weighted by Gasteiger charge is -2.03. The first kappa shape index (κ1) is 8.74. The molecule has 1 unspecified atom stereocenters.